The predicted octanol–water partition coefficient (Wildman–Crippen LogP) is 2.95. The van der Waals surface area contributed by atoms with Gasteiger partial charge in [0.25, 0.3) is 5.91 Å². The lowest BCUT2D eigenvalue weighted by molar-refractivity contribution is -0.114. The molecule has 0 bridgehead atoms. The van der Waals surface area contributed by atoms with Crippen molar-refractivity contribution in [1.29, 1.82) is 0 Å². The minimum Gasteiger partial charge on any atom is -0.304 e. The zero-order valence-electron chi connectivity index (χ0n) is 15.4. The third kappa shape index (κ3) is 2.84. The monoisotopic (exact) mass is 337 g/mol. The van der Waals surface area contributed by atoms with Gasteiger partial charge in [-0.3, -0.25) is 14.2 Å². The zero-order valence-corrected chi connectivity index (χ0v) is 15.4. The van der Waals surface area contributed by atoms with Gasteiger partial charge in [0.1, 0.15) is 0 Å². The summed E-state index contributed by atoms with van der Waals surface area (Å²) in [6.45, 7) is 10.1. The first kappa shape index (κ1) is 17.0. The van der Waals surface area contributed by atoms with Crippen molar-refractivity contribution in [3.05, 3.63) is 53.5 Å². The fourth-order valence-corrected chi connectivity index (χ4v) is 3.21. The number of carbonyl (C=O) groups excluding carboxylic acids is 1. The Balaban J connectivity index is 2.08. The molecule has 0 spiro atoms. The Morgan fingerprint density at radius 3 is 2.44 bits per heavy atom. The Morgan fingerprint density at radius 2 is 1.84 bits per heavy atom. The smallest absolute Gasteiger partial charge is 0.250 e. The van der Waals surface area contributed by atoms with Gasteiger partial charge in [-0.15, -0.1) is 0 Å². The summed E-state index contributed by atoms with van der Waals surface area (Å²) in [5.41, 5.74) is 5.83. The Kier molecular flexibility index (Phi) is 4.20. The van der Waals surface area contributed by atoms with E-state index in [4.69, 9.17) is 0 Å². The van der Waals surface area contributed by atoms with Crippen LogP contribution in [-0.2, 0) is 25.4 Å². The Bertz CT molecular complexity index is 980. The fraction of sp³-hybridized carbons (Fsp3) is 0.316. The SMILES string of the molecule is C=CC(=O)N(Cc1c(C)nn(C)c1C)c1ccc2c(C)nn(C)c2c1. The molecule has 0 atom stereocenters. The molecule has 2 aromatic heterocycles. The van der Waals surface area contributed by atoms with Gasteiger partial charge in [-0.1, -0.05) is 6.58 Å². The second-order valence-corrected chi connectivity index (χ2v) is 6.31. The average molecular weight is 337 g/mol. The number of rotatable bonds is 4. The molecule has 0 aliphatic heterocycles. The number of nitrogens with zero attached hydrogens (tertiary/aromatic N) is 5. The van der Waals surface area contributed by atoms with E-state index in [-0.39, 0.29) is 5.91 Å². The second-order valence-electron chi connectivity index (χ2n) is 6.31. The molecular formula is C19H23N5O. The number of aromatic nitrogens is 4. The largest absolute Gasteiger partial charge is 0.304 e. The maximum atomic E-state index is 12.5. The minimum atomic E-state index is -0.138. The number of carbonyl (C=O) groups is 1. The van der Waals surface area contributed by atoms with Gasteiger partial charge in [-0.2, -0.15) is 10.2 Å². The van der Waals surface area contributed by atoms with E-state index in [0.717, 1.165) is 39.2 Å². The fourth-order valence-electron chi connectivity index (χ4n) is 3.21. The molecule has 0 radical (unpaired) electrons. The van der Waals surface area contributed by atoms with Gasteiger partial charge >= 0.3 is 0 Å². The highest BCUT2D eigenvalue weighted by Crippen LogP contribution is 2.26. The van der Waals surface area contributed by atoms with Gasteiger partial charge in [0.2, 0.25) is 0 Å². The molecule has 130 valence electrons. The summed E-state index contributed by atoms with van der Waals surface area (Å²) in [5.74, 6) is -0.138. The van der Waals surface area contributed by atoms with Gasteiger partial charge in [0, 0.05) is 36.4 Å². The molecule has 3 rings (SSSR count). The maximum Gasteiger partial charge on any atom is 0.250 e. The van der Waals surface area contributed by atoms with Gasteiger partial charge in [-0.25, -0.2) is 0 Å². The Hall–Kier alpha value is -2.89. The number of anilines is 1. The molecular weight excluding hydrogens is 314 g/mol. The first-order valence-corrected chi connectivity index (χ1v) is 8.19. The number of benzene rings is 1. The molecule has 0 fully saturated rings. The lowest BCUT2D eigenvalue weighted by atomic mass is 10.1. The van der Waals surface area contributed by atoms with E-state index in [9.17, 15) is 4.79 Å². The van der Waals surface area contributed by atoms with Crippen LogP contribution in [0.5, 0.6) is 0 Å². The molecule has 25 heavy (non-hydrogen) atoms. The summed E-state index contributed by atoms with van der Waals surface area (Å²) >= 11 is 0. The molecule has 0 saturated heterocycles. The summed E-state index contributed by atoms with van der Waals surface area (Å²) in [7, 11) is 3.82. The number of amides is 1. The molecule has 0 saturated carbocycles. The van der Waals surface area contributed by atoms with E-state index >= 15 is 0 Å². The van der Waals surface area contributed by atoms with E-state index in [0.29, 0.717) is 6.54 Å². The third-order valence-corrected chi connectivity index (χ3v) is 4.75. The van der Waals surface area contributed by atoms with Crippen molar-refractivity contribution in [2.45, 2.75) is 27.3 Å². The summed E-state index contributed by atoms with van der Waals surface area (Å²) < 4.78 is 3.68. The van der Waals surface area contributed by atoms with Crippen molar-refractivity contribution < 1.29 is 4.79 Å². The van der Waals surface area contributed by atoms with Crippen LogP contribution in [-0.4, -0.2) is 25.5 Å². The van der Waals surface area contributed by atoms with Crippen molar-refractivity contribution in [3.8, 4) is 0 Å². The standard InChI is InChI=1S/C19H23N5O/c1-7-19(25)24(11-17-13(3)20-22(5)14(17)4)15-8-9-16-12(2)21-23(6)18(16)10-15/h7-10H,1,11H2,2-6H3. The van der Waals surface area contributed by atoms with Crippen LogP contribution in [0.1, 0.15) is 22.6 Å². The predicted molar refractivity (Wildman–Crippen MR) is 99.5 cm³/mol. The van der Waals surface area contributed by atoms with E-state index in [2.05, 4.69) is 16.8 Å². The lowest BCUT2D eigenvalue weighted by Crippen LogP contribution is -2.29. The highest BCUT2D eigenvalue weighted by Gasteiger charge is 2.19. The van der Waals surface area contributed by atoms with E-state index in [1.54, 1.807) is 4.90 Å². The molecule has 0 aliphatic carbocycles. The second kappa shape index (κ2) is 6.20. The summed E-state index contributed by atoms with van der Waals surface area (Å²) in [4.78, 5) is 14.3. The minimum absolute atomic E-state index is 0.138. The molecule has 2 heterocycles. The van der Waals surface area contributed by atoms with Crippen LogP contribution in [0.15, 0.2) is 30.9 Å². The van der Waals surface area contributed by atoms with Crippen LogP contribution in [0.2, 0.25) is 0 Å². The van der Waals surface area contributed by atoms with Crippen molar-refractivity contribution >= 4 is 22.5 Å². The van der Waals surface area contributed by atoms with E-state index in [1.807, 2.05) is 62.4 Å². The van der Waals surface area contributed by atoms with Crippen LogP contribution < -0.4 is 4.90 Å². The van der Waals surface area contributed by atoms with Crippen LogP contribution in [0.3, 0.4) is 0 Å². The van der Waals surface area contributed by atoms with E-state index < -0.39 is 0 Å². The van der Waals surface area contributed by atoms with Gasteiger partial charge < -0.3 is 4.90 Å². The van der Waals surface area contributed by atoms with Crippen molar-refractivity contribution in [1.82, 2.24) is 19.6 Å². The summed E-state index contributed by atoms with van der Waals surface area (Å²) in [6.07, 6.45) is 1.35. The molecule has 1 aromatic carbocycles. The highest BCUT2D eigenvalue weighted by atomic mass is 16.2. The number of hydrogen-bond donors (Lipinski definition) is 0. The van der Waals surface area contributed by atoms with Crippen LogP contribution in [0.4, 0.5) is 5.69 Å². The quantitative estimate of drug-likeness (QED) is 0.688. The lowest BCUT2D eigenvalue weighted by Gasteiger charge is -2.22. The van der Waals surface area contributed by atoms with Gasteiger partial charge in [-0.05, 0) is 45.0 Å². The molecule has 6 heteroatoms. The van der Waals surface area contributed by atoms with Crippen molar-refractivity contribution in [2.24, 2.45) is 14.1 Å². The van der Waals surface area contributed by atoms with E-state index in [1.165, 1.54) is 6.08 Å². The van der Waals surface area contributed by atoms with Gasteiger partial charge in [0.05, 0.1) is 23.4 Å². The van der Waals surface area contributed by atoms with Crippen LogP contribution in [0, 0.1) is 20.8 Å². The Morgan fingerprint density at radius 1 is 1.16 bits per heavy atom. The number of fused-ring (bicyclic) bond motifs is 1. The molecule has 0 aliphatic rings. The average Bonchev–Trinajstić information content (AvgIpc) is 3.00. The topological polar surface area (TPSA) is 56.0 Å². The van der Waals surface area contributed by atoms with Crippen molar-refractivity contribution in [2.75, 3.05) is 4.90 Å². The summed E-state index contributed by atoms with van der Waals surface area (Å²) in [6, 6.07) is 5.97. The molecule has 0 N–H and O–H groups in total. The first-order chi connectivity index (χ1) is 11.8. The first-order valence-electron chi connectivity index (χ1n) is 8.19. The molecule has 0 unspecified atom stereocenters. The number of hydrogen-bond acceptors (Lipinski definition) is 3. The number of aryl methyl sites for hydroxylation is 4. The van der Waals surface area contributed by atoms with Gasteiger partial charge in [0.15, 0.2) is 0 Å². The zero-order chi connectivity index (χ0) is 18.3. The third-order valence-electron chi connectivity index (χ3n) is 4.75. The highest BCUT2D eigenvalue weighted by molar-refractivity contribution is 6.02. The normalized spacial score (nSPS) is 11.1. The molecule has 6 nitrogen and oxygen atoms in total. The summed E-state index contributed by atoms with van der Waals surface area (Å²) in [5, 5.41) is 9.99. The van der Waals surface area contributed by atoms with Crippen LogP contribution in [0.25, 0.3) is 10.9 Å². The molecule has 1 amide bonds. The Labute approximate surface area is 147 Å². The van der Waals surface area contributed by atoms with Crippen molar-refractivity contribution in [3.63, 3.8) is 0 Å². The van der Waals surface area contributed by atoms with Crippen LogP contribution >= 0.6 is 0 Å². The maximum absolute atomic E-state index is 12.5. The molecule has 3 aromatic rings.